The van der Waals surface area contributed by atoms with Crippen molar-refractivity contribution in [3.05, 3.63) is 0 Å². The smallest absolute Gasteiger partial charge is 0.223 e. The first kappa shape index (κ1) is 9.47. The molecule has 0 aromatic rings. The van der Waals surface area contributed by atoms with Gasteiger partial charge in [0.15, 0.2) is 0 Å². The van der Waals surface area contributed by atoms with E-state index in [2.05, 4.69) is 19.2 Å². The predicted molar refractivity (Wildman–Crippen MR) is 42.7 cm³/mol. The lowest BCUT2D eigenvalue weighted by atomic mass is 9.97. The van der Waals surface area contributed by atoms with Gasteiger partial charge < -0.3 is 5.32 Å². The summed E-state index contributed by atoms with van der Waals surface area (Å²) in [7, 11) is 0. The molecule has 0 radical (unpaired) electrons. The van der Waals surface area contributed by atoms with Crippen LogP contribution in [0.3, 0.4) is 0 Å². The molecule has 0 saturated heterocycles. The zero-order valence-electron chi connectivity index (χ0n) is 7.27. The van der Waals surface area contributed by atoms with E-state index in [1.165, 1.54) is 0 Å². The quantitative estimate of drug-likeness (QED) is 0.636. The van der Waals surface area contributed by atoms with Gasteiger partial charge >= 0.3 is 0 Å². The van der Waals surface area contributed by atoms with E-state index in [0.717, 1.165) is 6.54 Å². The number of rotatable bonds is 3. The topological polar surface area (TPSA) is 29.1 Å². The molecule has 0 rings (SSSR count). The molecule has 0 aliphatic rings. The van der Waals surface area contributed by atoms with E-state index in [9.17, 15) is 4.79 Å². The van der Waals surface area contributed by atoms with Gasteiger partial charge in [0, 0.05) is 12.5 Å². The third kappa shape index (κ3) is 2.85. The fourth-order valence-electron chi connectivity index (χ4n) is 0.638. The van der Waals surface area contributed by atoms with Crippen LogP contribution in [-0.2, 0) is 4.79 Å². The van der Waals surface area contributed by atoms with E-state index >= 15 is 0 Å². The molecule has 1 atom stereocenters. The Hall–Kier alpha value is -0.530. The lowest BCUT2D eigenvalue weighted by Gasteiger charge is -2.13. The first-order valence-electron chi connectivity index (χ1n) is 3.87. The van der Waals surface area contributed by atoms with E-state index in [4.69, 9.17) is 0 Å². The maximum atomic E-state index is 11.1. The van der Waals surface area contributed by atoms with Crippen molar-refractivity contribution in [2.45, 2.75) is 27.7 Å². The SMILES string of the molecule is CCNC(=O)C(C)C(C)C. The second-order valence-electron chi connectivity index (χ2n) is 2.93. The number of hydrogen-bond acceptors (Lipinski definition) is 1. The second-order valence-corrected chi connectivity index (χ2v) is 2.93. The first-order valence-corrected chi connectivity index (χ1v) is 3.87. The Bertz CT molecular complexity index is 110. The Balaban J connectivity index is 3.71. The third-order valence-corrected chi connectivity index (χ3v) is 1.76. The number of hydrogen-bond donors (Lipinski definition) is 1. The van der Waals surface area contributed by atoms with Crippen molar-refractivity contribution in [1.82, 2.24) is 5.32 Å². The molecule has 1 unspecified atom stereocenters. The normalized spacial score (nSPS) is 13.3. The Kier molecular flexibility index (Phi) is 4.08. The molecule has 0 heterocycles. The van der Waals surface area contributed by atoms with Crippen LogP contribution in [0, 0.1) is 11.8 Å². The molecule has 2 heteroatoms. The van der Waals surface area contributed by atoms with Gasteiger partial charge in [-0.3, -0.25) is 4.79 Å². The molecule has 10 heavy (non-hydrogen) atoms. The zero-order chi connectivity index (χ0) is 8.15. The van der Waals surface area contributed by atoms with E-state index in [1.807, 2.05) is 13.8 Å². The fraction of sp³-hybridized carbons (Fsp3) is 0.875. The van der Waals surface area contributed by atoms with Crippen molar-refractivity contribution in [1.29, 1.82) is 0 Å². The minimum Gasteiger partial charge on any atom is -0.356 e. The predicted octanol–water partition coefficient (Wildman–Crippen LogP) is 1.41. The monoisotopic (exact) mass is 143 g/mol. The molecule has 0 spiro atoms. The van der Waals surface area contributed by atoms with Crippen molar-refractivity contribution >= 4 is 5.91 Å². The van der Waals surface area contributed by atoms with Crippen LogP contribution >= 0.6 is 0 Å². The van der Waals surface area contributed by atoms with E-state index in [1.54, 1.807) is 0 Å². The van der Waals surface area contributed by atoms with Gasteiger partial charge in [-0.2, -0.15) is 0 Å². The number of nitrogens with one attached hydrogen (secondary N) is 1. The molecule has 0 aromatic heterocycles. The van der Waals surface area contributed by atoms with Gasteiger partial charge in [0.05, 0.1) is 0 Å². The Morgan fingerprint density at radius 1 is 1.40 bits per heavy atom. The van der Waals surface area contributed by atoms with Crippen LogP contribution in [0.1, 0.15) is 27.7 Å². The summed E-state index contributed by atoms with van der Waals surface area (Å²) in [6, 6.07) is 0. The van der Waals surface area contributed by atoms with Crippen LogP contribution in [0.2, 0.25) is 0 Å². The number of carbonyl (C=O) groups is 1. The molecule has 0 saturated carbocycles. The highest BCUT2D eigenvalue weighted by Gasteiger charge is 2.14. The molecule has 0 fully saturated rings. The van der Waals surface area contributed by atoms with Gasteiger partial charge in [0.2, 0.25) is 5.91 Å². The molecule has 0 bridgehead atoms. The third-order valence-electron chi connectivity index (χ3n) is 1.76. The Morgan fingerprint density at radius 3 is 2.20 bits per heavy atom. The summed E-state index contributed by atoms with van der Waals surface area (Å²) in [6.07, 6.45) is 0. The van der Waals surface area contributed by atoms with E-state index in [0.29, 0.717) is 5.92 Å². The molecular weight excluding hydrogens is 126 g/mol. The van der Waals surface area contributed by atoms with Crippen LogP contribution in [-0.4, -0.2) is 12.5 Å². The second kappa shape index (κ2) is 4.31. The molecule has 0 aromatic carbocycles. The van der Waals surface area contributed by atoms with Gasteiger partial charge in [0.25, 0.3) is 0 Å². The van der Waals surface area contributed by atoms with Crippen molar-refractivity contribution in [2.75, 3.05) is 6.54 Å². The molecule has 0 aliphatic heterocycles. The van der Waals surface area contributed by atoms with Gasteiger partial charge in [0.1, 0.15) is 0 Å². The van der Waals surface area contributed by atoms with Gasteiger partial charge in [-0.25, -0.2) is 0 Å². The summed E-state index contributed by atoms with van der Waals surface area (Å²) >= 11 is 0. The van der Waals surface area contributed by atoms with Crippen molar-refractivity contribution in [2.24, 2.45) is 11.8 Å². The van der Waals surface area contributed by atoms with Gasteiger partial charge in [-0.1, -0.05) is 20.8 Å². The maximum Gasteiger partial charge on any atom is 0.223 e. The largest absolute Gasteiger partial charge is 0.356 e. The summed E-state index contributed by atoms with van der Waals surface area (Å²) in [4.78, 5) is 11.1. The molecule has 2 nitrogen and oxygen atoms in total. The molecule has 1 amide bonds. The van der Waals surface area contributed by atoms with Crippen molar-refractivity contribution < 1.29 is 4.79 Å². The van der Waals surface area contributed by atoms with Crippen molar-refractivity contribution in [3.8, 4) is 0 Å². The molecule has 0 aliphatic carbocycles. The summed E-state index contributed by atoms with van der Waals surface area (Å²) in [5.41, 5.74) is 0. The molecule has 60 valence electrons. The average molecular weight is 143 g/mol. The summed E-state index contributed by atoms with van der Waals surface area (Å²) in [6.45, 7) is 8.73. The minimum atomic E-state index is 0.139. The van der Waals surface area contributed by atoms with Crippen LogP contribution in [0.25, 0.3) is 0 Å². The Labute approximate surface area is 63.0 Å². The highest BCUT2D eigenvalue weighted by molar-refractivity contribution is 5.78. The highest BCUT2D eigenvalue weighted by Crippen LogP contribution is 2.08. The van der Waals surface area contributed by atoms with Gasteiger partial charge in [-0.05, 0) is 12.8 Å². The first-order chi connectivity index (χ1) is 4.59. The van der Waals surface area contributed by atoms with Crippen LogP contribution in [0.4, 0.5) is 0 Å². The lowest BCUT2D eigenvalue weighted by molar-refractivity contribution is -0.125. The average Bonchev–Trinajstić information content (AvgIpc) is 1.87. The highest BCUT2D eigenvalue weighted by atomic mass is 16.1. The zero-order valence-corrected chi connectivity index (χ0v) is 7.27. The Morgan fingerprint density at radius 2 is 1.90 bits per heavy atom. The van der Waals surface area contributed by atoms with Crippen molar-refractivity contribution in [3.63, 3.8) is 0 Å². The summed E-state index contributed by atoms with van der Waals surface area (Å²) < 4.78 is 0. The number of amides is 1. The van der Waals surface area contributed by atoms with Gasteiger partial charge in [-0.15, -0.1) is 0 Å². The fourth-order valence-corrected chi connectivity index (χ4v) is 0.638. The standard InChI is InChI=1S/C8H17NO/c1-5-9-8(10)7(4)6(2)3/h6-7H,5H2,1-4H3,(H,9,10). The lowest BCUT2D eigenvalue weighted by Crippen LogP contribution is -2.31. The number of carbonyl (C=O) groups excluding carboxylic acids is 1. The van der Waals surface area contributed by atoms with E-state index in [-0.39, 0.29) is 11.8 Å². The molecule has 1 N–H and O–H groups in total. The molecular formula is C8H17NO. The summed E-state index contributed by atoms with van der Waals surface area (Å²) in [5.74, 6) is 0.740. The van der Waals surface area contributed by atoms with Crippen LogP contribution in [0.5, 0.6) is 0 Å². The van der Waals surface area contributed by atoms with Crippen LogP contribution in [0.15, 0.2) is 0 Å². The van der Waals surface area contributed by atoms with Crippen LogP contribution < -0.4 is 5.32 Å². The minimum absolute atomic E-state index is 0.139. The maximum absolute atomic E-state index is 11.1. The summed E-state index contributed by atoms with van der Waals surface area (Å²) in [5, 5.41) is 2.79. The van der Waals surface area contributed by atoms with E-state index < -0.39 is 0 Å².